The van der Waals surface area contributed by atoms with Crippen molar-refractivity contribution in [1.29, 1.82) is 0 Å². The van der Waals surface area contributed by atoms with Crippen LogP contribution in [0.15, 0.2) is 35.7 Å². The topological polar surface area (TPSA) is 40.5 Å². The van der Waals surface area contributed by atoms with Crippen molar-refractivity contribution in [2.75, 3.05) is 7.11 Å². The van der Waals surface area contributed by atoms with Crippen molar-refractivity contribution in [3.8, 4) is 33.2 Å². The first-order valence-corrected chi connectivity index (χ1v) is 10.9. The summed E-state index contributed by atoms with van der Waals surface area (Å²) in [6.07, 6.45) is 1.35. The molecule has 1 radical (unpaired) electrons. The maximum absolute atomic E-state index is 12.8. The lowest BCUT2D eigenvalue weighted by atomic mass is 9.76. The van der Waals surface area contributed by atoms with Crippen LogP contribution in [-0.2, 0) is 13.0 Å². The second kappa shape index (κ2) is 8.11. The molecule has 0 saturated heterocycles. The average Bonchev–Trinajstić information content (AvgIpc) is 3.35. The van der Waals surface area contributed by atoms with Gasteiger partial charge in [-0.2, -0.15) is 0 Å². The minimum absolute atomic E-state index is 0.0475. The largest absolute Gasteiger partial charge is 0.493 e. The molecule has 0 aliphatic carbocycles. The number of aromatic nitrogens is 1. The van der Waals surface area contributed by atoms with E-state index in [0.717, 1.165) is 47.0 Å². The molecule has 0 bridgehead atoms. The van der Waals surface area contributed by atoms with Gasteiger partial charge in [-0.25, -0.2) is 0 Å². The van der Waals surface area contributed by atoms with E-state index in [1.165, 1.54) is 10.4 Å². The number of ether oxygens (including phenoxy) is 2. The third kappa shape index (κ3) is 3.62. The van der Waals surface area contributed by atoms with Crippen molar-refractivity contribution in [2.45, 2.75) is 46.1 Å². The highest BCUT2D eigenvalue weighted by Crippen LogP contribution is 2.45. The lowest BCUT2D eigenvalue weighted by Gasteiger charge is -2.24. The summed E-state index contributed by atoms with van der Waals surface area (Å²) in [4.78, 5) is 14.0. The maximum atomic E-state index is 12.8. The predicted molar refractivity (Wildman–Crippen MR) is 120 cm³/mol. The number of benzene rings is 1. The summed E-state index contributed by atoms with van der Waals surface area (Å²) in [7, 11) is 3.60. The summed E-state index contributed by atoms with van der Waals surface area (Å²) in [5, 5.41) is 2.08. The van der Waals surface area contributed by atoms with Crippen LogP contribution in [0.25, 0.3) is 21.7 Å². The van der Waals surface area contributed by atoms with Crippen molar-refractivity contribution < 1.29 is 14.3 Å². The number of carbonyl (C=O) groups excluding carboxylic acids is 1. The van der Waals surface area contributed by atoms with Crippen LogP contribution in [0.3, 0.4) is 0 Å². The number of nitrogens with zero attached hydrogens (tertiary/aromatic N) is 1. The summed E-state index contributed by atoms with van der Waals surface area (Å²) >= 11 is 1.70. The van der Waals surface area contributed by atoms with E-state index in [9.17, 15) is 4.79 Å². The number of Topliss-reactive ketones (excluding diaryl/α,β-unsaturated/α-hetero) is 1. The van der Waals surface area contributed by atoms with Crippen molar-refractivity contribution >= 4 is 24.4 Å². The number of hydrogen-bond donors (Lipinski definition) is 0. The first kappa shape index (κ1) is 19.8. The van der Waals surface area contributed by atoms with Crippen LogP contribution in [0.4, 0.5) is 0 Å². The van der Waals surface area contributed by atoms with E-state index in [0.29, 0.717) is 6.32 Å². The fourth-order valence-electron chi connectivity index (χ4n) is 3.98. The van der Waals surface area contributed by atoms with Crippen LogP contribution < -0.4 is 9.47 Å². The van der Waals surface area contributed by atoms with Gasteiger partial charge in [0.1, 0.15) is 7.28 Å². The SMILES string of the molecule is C[B]CC(=O)c1cc(-c2cccs2)c2n1CCc1cc(OC)c(OC(C)C)cc1-2. The number of aryl methyl sites for hydroxylation is 1. The Morgan fingerprint density at radius 2 is 2.07 bits per heavy atom. The number of carbonyl (C=O) groups is 1. The molecule has 0 N–H and O–H groups in total. The lowest BCUT2D eigenvalue weighted by molar-refractivity contribution is 0.100. The first-order chi connectivity index (χ1) is 14.0. The normalized spacial score (nSPS) is 12.4. The molecule has 2 aromatic heterocycles. The van der Waals surface area contributed by atoms with Gasteiger partial charge in [-0.1, -0.05) is 12.9 Å². The molecule has 1 aliphatic heterocycles. The second-order valence-corrected chi connectivity index (χ2v) is 8.48. The van der Waals surface area contributed by atoms with Crippen LogP contribution in [0.2, 0.25) is 13.1 Å². The monoisotopic (exact) mass is 406 g/mol. The third-order valence-electron chi connectivity index (χ3n) is 5.17. The number of methoxy groups -OCH3 is 1. The zero-order valence-electron chi connectivity index (χ0n) is 17.3. The van der Waals surface area contributed by atoms with Crippen molar-refractivity contribution in [1.82, 2.24) is 4.57 Å². The molecule has 0 fully saturated rings. The third-order valence-corrected chi connectivity index (χ3v) is 6.07. The predicted octanol–water partition coefficient (Wildman–Crippen LogP) is 5.59. The highest BCUT2D eigenvalue weighted by molar-refractivity contribution is 7.13. The first-order valence-electron chi connectivity index (χ1n) is 9.99. The Balaban J connectivity index is 1.94. The van der Waals surface area contributed by atoms with Crippen LogP contribution in [0, 0.1) is 0 Å². The summed E-state index contributed by atoms with van der Waals surface area (Å²) in [6.45, 7) is 6.73. The Bertz CT molecular complexity index is 1040. The highest BCUT2D eigenvalue weighted by atomic mass is 32.1. The van der Waals surface area contributed by atoms with Gasteiger partial charge in [-0.15, -0.1) is 11.3 Å². The van der Waals surface area contributed by atoms with E-state index >= 15 is 0 Å². The summed E-state index contributed by atoms with van der Waals surface area (Å²) in [6, 6.07) is 10.4. The van der Waals surface area contributed by atoms with E-state index in [2.05, 4.69) is 40.3 Å². The molecule has 29 heavy (non-hydrogen) atoms. The molecule has 1 aliphatic rings. The maximum Gasteiger partial charge on any atom is 0.171 e. The van der Waals surface area contributed by atoms with Crippen LogP contribution >= 0.6 is 11.3 Å². The lowest BCUT2D eigenvalue weighted by Crippen LogP contribution is -2.17. The zero-order valence-corrected chi connectivity index (χ0v) is 18.1. The van der Waals surface area contributed by atoms with Gasteiger partial charge >= 0.3 is 0 Å². The van der Waals surface area contributed by atoms with Crippen LogP contribution in [-0.4, -0.2) is 30.8 Å². The van der Waals surface area contributed by atoms with Gasteiger partial charge in [0.2, 0.25) is 0 Å². The van der Waals surface area contributed by atoms with Gasteiger partial charge in [0, 0.05) is 22.5 Å². The number of thiophene rings is 1. The number of fused-ring (bicyclic) bond motifs is 3. The van der Waals surface area contributed by atoms with Gasteiger partial charge in [0.05, 0.1) is 24.6 Å². The van der Waals surface area contributed by atoms with E-state index in [1.807, 2.05) is 28.0 Å². The van der Waals surface area contributed by atoms with E-state index in [1.54, 1.807) is 18.4 Å². The summed E-state index contributed by atoms with van der Waals surface area (Å²) in [5.41, 5.74) is 5.35. The second-order valence-electron chi connectivity index (χ2n) is 7.53. The van der Waals surface area contributed by atoms with Crippen molar-refractivity contribution in [2.24, 2.45) is 0 Å². The fraction of sp³-hybridized carbons (Fsp3) is 0.348. The molecule has 0 amide bonds. The minimum atomic E-state index is 0.0475. The van der Waals surface area contributed by atoms with E-state index < -0.39 is 0 Å². The molecule has 4 rings (SSSR count). The number of hydrogen-bond acceptors (Lipinski definition) is 4. The number of rotatable bonds is 7. The van der Waals surface area contributed by atoms with Gasteiger partial charge in [0.25, 0.3) is 0 Å². The Hall–Kier alpha value is -2.47. The summed E-state index contributed by atoms with van der Waals surface area (Å²) < 4.78 is 13.8. The molecule has 4 nitrogen and oxygen atoms in total. The molecule has 3 heterocycles. The van der Waals surface area contributed by atoms with Gasteiger partial charge in [-0.05, 0) is 61.8 Å². The quantitative estimate of drug-likeness (QED) is 0.379. The molecular weight excluding hydrogens is 381 g/mol. The Kier molecular flexibility index (Phi) is 5.55. The molecule has 0 atom stereocenters. The van der Waals surface area contributed by atoms with Gasteiger partial charge < -0.3 is 14.0 Å². The summed E-state index contributed by atoms with van der Waals surface area (Å²) in [5.74, 6) is 1.65. The standard InChI is InChI=1S/C23H25BNO3S/c1-14(2)28-21-12-16-15(10-20(21)27-4)7-8-25-18(19(26)13-24-3)11-17(23(16)25)22-6-5-9-29-22/h5-6,9-12,14H,7-8,13H2,1-4H3. The molecule has 3 aromatic rings. The Morgan fingerprint density at radius 3 is 2.72 bits per heavy atom. The molecule has 0 unspecified atom stereocenters. The van der Waals surface area contributed by atoms with E-state index in [4.69, 9.17) is 9.47 Å². The average molecular weight is 406 g/mol. The smallest absolute Gasteiger partial charge is 0.171 e. The van der Waals surface area contributed by atoms with Crippen molar-refractivity contribution in [3.63, 3.8) is 0 Å². The fourth-order valence-corrected chi connectivity index (χ4v) is 4.72. The van der Waals surface area contributed by atoms with Crippen LogP contribution in [0.1, 0.15) is 29.9 Å². The molecule has 0 saturated carbocycles. The van der Waals surface area contributed by atoms with Gasteiger partial charge in [0.15, 0.2) is 17.3 Å². The minimum Gasteiger partial charge on any atom is -0.493 e. The molecule has 0 spiro atoms. The highest BCUT2D eigenvalue weighted by Gasteiger charge is 2.28. The zero-order chi connectivity index (χ0) is 20.5. The Labute approximate surface area is 176 Å². The number of ketones is 1. The van der Waals surface area contributed by atoms with Gasteiger partial charge in [-0.3, -0.25) is 4.79 Å². The molecule has 149 valence electrons. The molecule has 6 heteroatoms. The Morgan fingerprint density at radius 1 is 1.24 bits per heavy atom. The van der Waals surface area contributed by atoms with Crippen molar-refractivity contribution in [3.05, 3.63) is 47.0 Å². The van der Waals surface area contributed by atoms with E-state index in [-0.39, 0.29) is 11.9 Å². The molecular formula is C23H25BNO3S. The van der Waals surface area contributed by atoms with Crippen LogP contribution in [0.5, 0.6) is 11.5 Å². The molecule has 1 aromatic carbocycles.